The van der Waals surface area contributed by atoms with Gasteiger partial charge in [-0.05, 0) is 12.1 Å². The molecule has 0 saturated carbocycles. The van der Waals surface area contributed by atoms with Crippen LogP contribution in [0.5, 0.6) is 0 Å². The number of hydrogen-bond acceptors (Lipinski definition) is 4. The molecular weight excluding hydrogens is 260 g/mol. The Labute approximate surface area is 108 Å². The lowest BCUT2D eigenvalue weighted by molar-refractivity contribution is -0.121. The molecule has 7 heteroatoms. The zero-order chi connectivity index (χ0) is 13.3. The van der Waals surface area contributed by atoms with Crippen molar-refractivity contribution in [3.63, 3.8) is 0 Å². The zero-order valence-electron chi connectivity index (χ0n) is 9.45. The molecule has 1 aromatic rings. The van der Waals surface area contributed by atoms with Gasteiger partial charge in [0.1, 0.15) is 16.9 Å². The predicted octanol–water partition coefficient (Wildman–Crippen LogP) is 0.667. The summed E-state index contributed by atoms with van der Waals surface area (Å²) in [5.41, 5.74) is -1.30. The van der Waals surface area contributed by atoms with E-state index in [2.05, 4.69) is 4.98 Å². The van der Waals surface area contributed by atoms with Gasteiger partial charge in [-0.3, -0.25) is 0 Å². The highest BCUT2D eigenvalue weighted by Gasteiger charge is 2.44. The van der Waals surface area contributed by atoms with Gasteiger partial charge in [-0.1, -0.05) is 17.7 Å². The molecule has 2 rings (SSSR count). The van der Waals surface area contributed by atoms with Gasteiger partial charge in [-0.2, -0.15) is 0 Å². The van der Waals surface area contributed by atoms with Gasteiger partial charge < -0.3 is 20.2 Å². The van der Waals surface area contributed by atoms with Gasteiger partial charge in [0, 0.05) is 13.0 Å². The molecule has 98 valence electrons. The number of piperidine rings is 1. The van der Waals surface area contributed by atoms with Crippen LogP contribution in [0.1, 0.15) is 12.1 Å². The molecule has 3 N–H and O–H groups in total. The van der Waals surface area contributed by atoms with Crippen LogP contribution in [-0.2, 0) is 5.60 Å². The lowest BCUT2D eigenvalue weighted by Gasteiger charge is -2.40. The van der Waals surface area contributed by atoms with Crippen molar-refractivity contribution >= 4 is 17.7 Å². The second-order valence-electron chi connectivity index (χ2n) is 4.26. The van der Waals surface area contributed by atoms with Crippen LogP contribution in [0.4, 0.5) is 4.79 Å². The molecule has 2 heterocycles. The Balaban J connectivity index is 2.25. The van der Waals surface area contributed by atoms with Crippen LogP contribution in [0.25, 0.3) is 0 Å². The summed E-state index contributed by atoms with van der Waals surface area (Å²) in [7, 11) is 0. The molecule has 0 unspecified atom stereocenters. The van der Waals surface area contributed by atoms with E-state index >= 15 is 0 Å². The fraction of sp³-hybridized carbons (Fsp3) is 0.455. The quantitative estimate of drug-likeness (QED) is 0.653. The molecule has 6 nitrogen and oxygen atoms in total. The lowest BCUT2D eigenvalue weighted by Crippen LogP contribution is -2.55. The number of β-amino-alcohol motifs (C(OH)–C–C–N with tert-alkyl or cyclic N) is 1. The van der Waals surface area contributed by atoms with Crippen LogP contribution in [0.3, 0.4) is 0 Å². The molecule has 2 atom stereocenters. The second kappa shape index (κ2) is 4.72. The van der Waals surface area contributed by atoms with Crippen LogP contribution in [0.2, 0.25) is 5.15 Å². The van der Waals surface area contributed by atoms with Gasteiger partial charge >= 0.3 is 6.09 Å². The van der Waals surface area contributed by atoms with E-state index in [1.807, 2.05) is 0 Å². The molecular formula is C11H13ClN2O4. The maximum Gasteiger partial charge on any atom is 0.407 e. The number of aliphatic hydroxyl groups is 2. The largest absolute Gasteiger partial charge is 0.465 e. The average Bonchev–Trinajstić information content (AvgIpc) is 2.32. The minimum Gasteiger partial charge on any atom is -0.465 e. The smallest absolute Gasteiger partial charge is 0.407 e. The molecule has 1 aliphatic heterocycles. The van der Waals surface area contributed by atoms with E-state index < -0.39 is 17.8 Å². The number of hydrogen-bond donors (Lipinski definition) is 3. The van der Waals surface area contributed by atoms with E-state index in [1.165, 1.54) is 0 Å². The van der Waals surface area contributed by atoms with Gasteiger partial charge in [0.25, 0.3) is 0 Å². The van der Waals surface area contributed by atoms with E-state index in [0.29, 0.717) is 0 Å². The third-order valence-corrected chi connectivity index (χ3v) is 3.35. The van der Waals surface area contributed by atoms with Crippen molar-refractivity contribution in [1.82, 2.24) is 9.88 Å². The summed E-state index contributed by atoms with van der Waals surface area (Å²) < 4.78 is 0. The Morgan fingerprint density at radius 3 is 2.83 bits per heavy atom. The third-order valence-electron chi connectivity index (χ3n) is 3.14. The van der Waals surface area contributed by atoms with Gasteiger partial charge in [-0.25, -0.2) is 9.78 Å². The Kier molecular flexibility index (Phi) is 3.43. The first-order valence-corrected chi connectivity index (χ1v) is 5.82. The number of aliphatic hydroxyl groups excluding tert-OH is 1. The topological polar surface area (TPSA) is 93.9 Å². The molecule has 0 spiro atoms. The molecule has 1 aromatic heterocycles. The first-order valence-electron chi connectivity index (χ1n) is 5.45. The monoisotopic (exact) mass is 272 g/mol. The molecule has 1 saturated heterocycles. The highest BCUT2D eigenvalue weighted by atomic mass is 35.5. The molecule has 1 amide bonds. The van der Waals surface area contributed by atoms with E-state index in [-0.39, 0.29) is 30.4 Å². The van der Waals surface area contributed by atoms with Crippen LogP contribution in [0.15, 0.2) is 18.2 Å². The van der Waals surface area contributed by atoms with Crippen molar-refractivity contribution in [2.45, 2.75) is 18.1 Å². The third kappa shape index (κ3) is 2.27. The number of carboxylic acid groups (broad SMARTS) is 1. The summed E-state index contributed by atoms with van der Waals surface area (Å²) in [5, 5.41) is 29.5. The maximum absolute atomic E-state index is 10.8. The summed E-state index contributed by atoms with van der Waals surface area (Å²) in [5.74, 6) is 0. The number of pyridine rings is 1. The minimum atomic E-state index is -1.56. The molecule has 0 aromatic carbocycles. The predicted molar refractivity (Wildman–Crippen MR) is 63.4 cm³/mol. The van der Waals surface area contributed by atoms with Crippen molar-refractivity contribution < 1.29 is 20.1 Å². The Morgan fingerprint density at radius 1 is 1.56 bits per heavy atom. The fourth-order valence-corrected chi connectivity index (χ4v) is 2.21. The number of likely N-dealkylation sites (tertiary alicyclic amines) is 1. The van der Waals surface area contributed by atoms with Crippen molar-refractivity contribution in [3.05, 3.63) is 29.0 Å². The SMILES string of the molecule is O=C(O)N1CC[C@](O)(c2cccc(Cl)n2)[C@@H](O)C1. The lowest BCUT2D eigenvalue weighted by atomic mass is 9.85. The van der Waals surface area contributed by atoms with Crippen LogP contribution >= 0.6 is 11.6 Å². The number of aromatic nitrogens is 1. The minimum absolute atomic E-state index is 0.0772. The normalized spacial score (nSPS) is 28.2. The molecule has 0 aliphatic carbocycles. The fourth-order valence-electron chi connectivity index (χ4n) is 2.04. The molecule has 0 bridgehead atoms. The van der Waals surface area contributed by atoms with Crippen LogP contribution in [0, 0.1) is 0 Å². The highest BCUT2D eigenvalue weighted by Crippen LogP contribution is 2.32. The Hall–Kier alpha value is -1.37. The molecule has 1 fully saturated rings. The first kappa shape index (κ1) is 13.1. The van der Waals surface area contributed by atoms with E-state index in [0.717, 1.165) is 4.90 Å². The number of carbonyl (C=O) groups is 1. The van der Waals surface area contributed by atoms with Crippen LogP contribution in [-0.4, -0.2) is 50.5 Å². The van der Waals surface area contributed by atoms with Crippen molar-refractivity contribution in [3.8, 4) is 0 Å². The number of halogens is 1. The number of amides is 1. The van der Waals surface area contributed by atoms with Gasteiger partial charge in [0.2, 0.25) is 0 Å². The summed E-state index contributed by atoms with van der Waals surface area (Å²) in [6.07, 6.45) is -2.27. The van der Waals surface area contributed by atoms with Crippen molar-refractivity contribution in [2.75, 3.05) is 13.1 Å². The Bertz CT molecular complexity index is 470. The van der Waals surface area contributed by atoms with E-state index in [4.69, 9.17) is 16.7 Å². The summed E-state index contributed by atoms with van der Waals surface area (Å²) in [4.78, 5) is 15.8. The van der Waals surface area contributed by atoms with Crippen molar-refractivity contribution in [2.24, 2.45) is 0 Å². The second-order valence-corrected chi connectivity index (χ2v) is 4.65. The maximum atomic E-state index is 10.8. The standard InChI is InChI=1S/C11H13ClN2O4/c12-9-3-1-2-7(13-9)11(18)4-5-14(10(16)17)6-8(11)15/h1-3,8,15,18H,4-6H2,(H,16,17)/t8-,11-/m0/s1. The van der Waals surface area contributed by atoms with Crippen molar-refractivity contribution in [1.29, 1.82) is 0 Å². The highest BCUT2D eigenvalue weighted by molar-refractivity contribution is 6.29. The summed E-state index contributed by atoms with van der Waals surface area (Å²) in [6, 6.07) is 4.75. The van der Waals surface area contributed by atoms with Gasteiger partial charge in [-0.15, -0.1) is 0 Å². The van der Waals surface area contributed by atoms with E-state index in [1.54, 1.807) is 18.2 Å². The molecule has 18 heavy (non-hydrogen) atoms. The first-order chi connectivity index (χ1) is 8.43. The van der Waals surface area contributed by atoms with Gasteiger partial charge in [0.05, 0.1) is 12.2 Å². The average molecular weight is 273 g/mol. The summed E-state index contributed by atoms with van der Waals surface area (Å²) >= 11 is 5.74. The number of nitrogens with zero attached hydrogens (tertiary/aromatic N) is 2. The molecule has 0 radical (unpaired) electrons. The number of rotatable bonds is 1. The Morgan fingerprint density at radius 2 is 2.28 bits per heavy atom. The van der Waals surface area contributed by atoms with Gasteiger partial charge in [0.15, 0.2) is 0 Å². The van der Waals surface area contributed by atoms with E-state index in [9.17, 15) is 15.0 Å². The summed E-state index contributed by atoms with van der Waals surface area (Å²) in [6.45, 7) is -0.0168. The zero-order valence-corrected chi connectivity index (χ0v) is 10.2. The van der Waals surface area contributed by atoms with Crippen LogP contribution < -0.4 is 0 Å². The molecule has 1 aliphatic rings.